The van der Waals surface area contributed by atoms with E-state index in [0.29, 0.717) is 23.3 Å². The van der Waals surface area contributed by atoms with Crippen LogP contribution in [0.2, 0.25) is 5.02 Å². The van der Waals surface area contributed by atoms with Crippen molar-refractivity contribution in [3.05, 3.63) is 29.3 Å². The summed E-state index contributed by atoms with van der Waals surface area (Å²) in [6.45, 7) is 3.38. The summed E-state index contributed by atoms with van der Waals surface area (Å²) < 4.78 is 5.73. The zero-order chi connectivity index (χ0) is 14.4. The average molecular weight is 296 g/mol. The van der Waals surface area contributed by atoms with Crippen molar-refractivity contribution in [1.29, 1.82) is 0 Å². The highest BCUT2D eigenvalue weighted by molar-refractivity contribution is 6.32. The number of guanidine groups is 1. The molecule has 1 aliphatic rings. The molecule has 1 saturated carbocycles. The molecule has 1 atom stereocenters. The van der Waals surface area contributed by atoms with E-state index < -0.39 is 0 Å². The second-order valence-corrected chi connectivity index (χ2v) is 5.67. The van der Waals surface area contributed by atoms with Gasteiger partial charge in [-0.2, -0.15) is 0 Å². The van der Waals surface area contributed by atoms with Crippen LogP contribution in [0.3, 0.4) is 0 Å². The number of benzene rings is 1. The van der Waals surface area contributed by atoms with E-state index in [4.69, 9.17) is 22.1 Å². The zero-order valence-corrected chi connectivity index (χ0v) is 12.6. The molecule has 1 unspecified atom stereocenters. The van der Waals surface area contributed by atoms with Crippen LogP contribution < -0.4 is 15.8 Å². The van der Waals surface area contributed by atoms with Crippen molar-refractivity contribution in [2.75, 3.05) is 13.1 Å². The molecule has 2 rings (SSSR count). The lowest BCUT2D eigenvalue weighted by Gasteiger charge is -2.25. The number of rotatable bonds is 6. The molecule has 1 aliphatic carbocycles. The summed E-state index contributed by atoms with van der Waals surface area (Å²) in [6.07, 6.45) is 3.86. The molecule has 1 aromatic rings. The van der Waals surface area contributed by atoms with Gasteiger partial charge in [0, 0.05) is 6.54 Å². The van der Waals surface area contributed by atoms with E-state index >= 15 is 0 Å². The van der Waals surface area contributed by atoms with Crippen LogP contribution in [-0.2, 0) is 0 Å². The van der Waals surface area contributed by atoms with Gasteiger partial charge < -0.3 is 15.8 Å². The van der Waals surface area contributed by atoms with Crippen LogP contribution in [0.4, 0.5) is 0 Å². The van der Waals surface area contributed by atoms with Gasteiger partial charge in [-0.1, -0.05) is 30.2 Å². The molecule has 0 radical (unpaired) electrons. The molecule has 110 valence electrons. The first kappa shape index (κ1) is 15.0. The first-order valence-corrected chi connectivity index (χ1v) is 7.48. The summed E-state index contributed by atoms with van der Waals surface area (Å²) in [5, 5.41) is 3.77. The molecule has 0 bridgehead atoms. The maximum Gasteiger partial charge on any atom is 0.188 e. The highest BCUT2D eigenvalue weighted by Gasteiger charge is 2.16. The fourth-order valence-electron chi connectivity index (χ4n) is 2.02. The highest BCUT2D eigenvalue weighted by Crippen LogP contribution is 2.25. The van der Waals surface area contributed by atoms with Crippen LogP contribution >= 0.6 is 11.6 Å². The number of nitrogens with zero attached hydrogens (tertiary/aromatic N) is 1. The molecule has 4 nitrogen and oxygen atoms in total. The first-order valence-electron chi connectivity index (χ1n) is 7.10. The molecule has 1 aromatic carbocycles. The topological polar surface area (TPSA) is 59.6 Å². The molecule has 0 heterocycles. The van der Waals surface area contributed by atoms with Gasteiger partial charge in [0.2, 0.25) is 0 Å². The molecule has 0 saturated heterocycles. The standard InChI is InChI=1S/C15H22ClN3O/c1-11(20-14-8-3-2-7-13(14)16)9-18-15(17)19-10-12-5-4-6-12/h2-3,7-8,11-12H,4-6,9-10H2,1H3,(H3,17,18,19). The Morgan fingerprint density at radius 3 is 2.90 bits per heavy atom. The van der Waals surface area contributed by atoms with Crippen LogP contribution in [0, 0.1) is 5.92 Å². The Labute approximate surface area is 125 Å². The number of ether oxygens (including phenoxy) is 1. The fraction of sp³-hybridized carbons (Fsp3) is 0.533. The van der Waals surface area contributed by atoms with Gasteiger partial charge in [0.05, 0.1) is 11.6 Å². The molecule has 0 amide bonds. The van der Waals surface area contributed by atoms with E-state index in [1.165, 1.54) is 19.3 Å². The van der Waals surface area contributed by atoms with Gasteiger partial charge in [0.15, 0.2) is 5.96 Å². The summed E-state index contributed by atoms with van der Waals surface area (Å²) in [5.41, 5.74) is 5.83. The fourth-order valence-corrected chi connectivity index (χ4v) is 2.20. The third-order valence-corrected chi connectivity index (χ3v) is 3.79. The van der Waals surface area contributed by atoms with Gasteiger partial charge in [-0.15, -0.1) is 0 Å². The summed E-state index contributed by atoms with van der Waals surface area (Å²) in [7, 11) is 0. The Balaban J connectivity index is 1.73. The summed E-state index contributed by atoms with van der Waals surface area (Å²) in [6, 6.07) is 7.42. The van der Waals surface area contributed by atoms with Gasteiger partial charge >= 0.3 is 0 Å². The Morgan fingerprint density at radius 2 is 2.25 bits per heavy atom. The SMILES string of the molecule is CC(CN=C(N)NCC1CCC1)Oc1ccccc1Cl. The maximum atomic E-state index is 6.04. The van der Waals surface area contributed by atoms with E-state index in [9.17, 15) is 0 Å². The quantitative estimate of drug-likeness (QED) is 0.627. The molecule has 0 aromatic heterocycles. The number of hydrogen-bond donors (Lipinski definition) is 2. The molecule has 3 N–H and O–H groups in total. The largest absolute Gasteiger partial charge is 0.487 e. The smallest absolute Gasteiger partial charge is 0.188 e. The highest BCUT2D eigenvalue weighted by atomic mass is 35.5. The predicted octanol–water partition coefficient (Wildman–Crippen LogP) is 2.81. The number of hydrogen-bond acceptors (Lipinski definition) is 2. The Morgan fingerprint density at radius 1 is 1.50 bits per heavy atom. The Bertz CT molecular complexity index is 460. The lowest BCUT2D eigenvalue weighted by Crippen LogP contribution is -2.38. The number of nitrogens with two attached hydrogens (primary N) is 1. The predicted molar refractivity (Wildman–Crippen MR) is 83.4 cm³/mol. The zero-order valence-electron chi connectivity index (χ0n) is 11.8. The lowest BCUT2D eigenvalue weighted by molar-refractivity contribution is 0.230. The minimum absolute atomic E-state index is 0.0704. The summed E-state index contributed by atoms with van der Waals surface area (Å²) >= 11 is 6.04. The third-order valence-electron chi connectivity index (χ3n) is 3.48. The molecule has 0 aliphatic heterocycles. The van der Waals surface area contributed by atoms with Gasteiger partial charge in [0.1, 0.15) is 11.9 Å². The molecule has 20 heavy (non-hydrogen) atoms. The number of aliphatic imine (C=N–C) groups is 1. The minimum atomic E-state index is -0.0704. The Kier molecular flexibility index (Phi) is 5.53. The normalized spacial score (nSPS) is 17.4. The van der Waals surface area contributed by atoms with Crippen molar-refractivity contribution in [3.8, 4) is 5.75 Å². The van der Waals surface area contributed by atoms with Crippen LogP contribution in [0.15, 0.2) is 29.3 Å². The van der Waals surface area contributed by atoms with Crippen molar-refractivity contribution >= 4 is 17.6 Å². The van der Waals surface area contributed by atoms with Crippen LogP contribution in [-0.4, -0.2) is 25.2 Å². The molecule has 0 spiro atoms. The number of para-hydroxylation sites is 1. The van der Waals surface area contributed by atoms with E-state index in [2.05, 4.69) is 10.3 Å². The van der Waals surface area contributed by atoms with Gasteiger partial charge in [-0.3, -0.25) is 0 Å². The van der Waals surface area contributed by atoms with Crippen molar-refractivity contribution in [2.45, 2.75) is 32.3 Å². The molecular weight excluding hydrogens is 274 g/mol. The third kappa shape index (κ3) is 4.60. The van der Waals surface area contributed by atoms with E-state index in [1.807, 2.05) is 25.1 Å². The summed E-state index contributed by atoms with van der Waals surface area (Å²) in [4.78, 5) is 4.30. The van der Waals surface area contributed by atoms with Crippen molar-refractivity contribution in [2.24, 2.45) is 16.6 Å². The first-order chi connectivity index (χ1) is 9.65. The van der Waals surface area contributed by atoms with Crippen molar-refractivity contribution in [1.82, 2.24) is 5.32 Å². The van der Waals surface area contributed by atoms with Gasteiger partial charge in [0.25, 0.3) is 0 Å². The molecule has 1 fully saturated rings. The second-order valence-electron chi connectivity index (χ2n) is 5.26. The van der Waals surface area contributed by atoms with Crippen molar-refractivity contribution in [3.63, 3.8) is 0 Å². The number of nitrogens with one attached hydrogen (secondary N) is 1. The summed E-state index contributed by atoms with van der Waals surface area (Å²) in [5.74, 6) is 1.94. The van der Waals surface area contributed by atoms with Gasteiger partial charge in [-0.05, 0) is 37.8 Å². The second kappa shape index (κ2) is 7.39. The van der Waals surface area contributed by atoms with Crippen molar-refractivity contribution < 1.29 is 4.74 Å². The monoisotopic (exact) mass is 295 g/mol. The molecule has 5 heteroatoms. The average Bonchev–Trinajstić information content (AvgIpc) is 2.37. The van der Waals surface area contributed by atoms with Crippen LogP contribution in [0.25, 0.3) is 0 Å². The van der Waals surface area contributed by atoms with E-state index in [1.54, 1.807) is 6.07 Å². The van der Waals surface area contributed by atoms with E-state index in [0.717, 1.165) is 12.5 Å². The molecular formula is C15H22ClN3O. The van der Waals surface area contributed by atoms with Crippen LogP contribution in [0.1, 0.15) is 26.2 Å². The van der Waals surface area contributed by atoms with E-state index in [-0.39, 0.29) is 6.10 Å². The number of halogens is 1. The lowest BCUT2D eigenvalue weighted by atomic mass is 9.85. The van der Waals surface area contributed by atoms with Crippen LogP contribution in [0.5, 0.6) is 5.75 Å². The Hall–Kier alpha value is -1.42. The maximum absolute atomic E-state index is 6.04. The minimum Gasteiger partial charge on any atom is -0.487 e. The van der Waals surface area contributed by atoms with Gasteiger partial charge in [-0.25, -0.2) is 4.99 Å².